The first-order chi connectivity index (χ1) is 15.9. The average Bonchev–Trinajstić information content (AvgIpc) is 3.21. The van der Waals surface area contributed by atoms with Crippen molar-refractivity contribution in [3.05, 3.63) is 96.1 Å². The highest BCUT2D eigenvalue weighted by molar-refractivity contribution is 7.99. The number of carbonyl (C=O) groups excluding carboxylic acids is 1. The Morgan fingerprint density at radius 3 is 2.24 bits per heavy atom. The lowest BCUT2D eigenvalue weighted by Gasteiger charge is -2.38. The zero-order valence-corrected chi connectivity index (χ0v) is 20.0. The van der Waals surface area contributed by atoms with Crippen LogP contribution in [-0.2, 0) is 10.2 Å². The van der Waals surface area contributed by atoms with Crippen LogP contribution in [0.5, 0.6) is 5.75 Å². The maximum absolute atomic E-state index is 13.3. The molecule has 3 aromatic rings. The quantitative estimate of drug-likeness (QED) is 0.273. The molecule has 1 heterocycles. The van der Waals surface area contributed by atoms with Crippen LogP contribution in [0.25, 0.3) is 0 Å². The number of likely N-dealkylation sites (tertiary alicyclic amines) is 1. The van der Waals surface area contributed by atoms with Crippen LogP contribution < -0.4 is 5.73 Å². The summed E-state index contributed by atoms with van der Waals surface area (Å²) in [5, 5.41) is 9.67. The first-order valence-electron chi connectivity index (χ1n) is 11.6. The zero-order valence-electron chi connectivity index (χ0n) is 19.2. The van der Waals surface area contributed by atoms with Crippen molar-refractivity contribution in [3.8, 4) is 5.75 Å². The maximum Gasteiger partial charge on any atom is 0.233 e. The summed E-state index contributed by atoms with van der Waals surface area (Å²) in [6, 6.07) is 27.6. The van der Waals surface area contributed by atoms with Crippen molar-refractivity contribution in [3.63, 3.8) is 0 Å². The normalized spacial score (nSPS) is 20.6. The molecule has 1 amide bonds. The molecule has 172 valence electrons. The fourth-order valence-electron chi connectivity index (χ4n) is 5.47. The van der Waals surface area contributed by atoms with E-state index in [1.165, 1.54) is 0 Å². The van der Waals surface area contributed by atoms with E-state index in [0.29, 0.717) is 5.75 Å². The van der Waals surface area contributed by atoms with Gasteiger partial charge in [-0.15, -0.1) is 11.8 Å². The number of hydrogen-bond acceptors (Lipinski definition) is 3. The van der Waals surface area contributed by atoms with Gasteiger partial charge in [-0.25, -0.2) is 0 Å². The SMILES string of the molecule is C[N+]1(CCCSc2cccc(O)c2)CCC(C(C(N)=O)(c2ccccc2)c2ccccc2)C1. The number of aromatic hydroxyl groups is 1. The number of quaternary nitrogens is 1. The fourth-order valence-corrected chi connectivity index (χ4v) is 6.36. The van der Waals surface area contributed by atoms with Gasteiger partial charge in [0.15, 0.2) is 0 Å². The lowest BCUT2D eigenvalue weighted by atomic mass is 9.64. The van der Waals surface area contributed by atoms with Gasteiger partial charge in [-0.2, -0.15) is 0 Å². The Labute approximate surface area is 201 Å². The molecule has 5 heteroatoms. The van der Waals surface area contributed by atoms with Crippen LogP contribution in [0.2, 0.25) is 0 Å². The highest BCUT2D eigenvalue weighted by atomic mass is 32.2. The minimum Gasteiger partial charge on any atom is -0.508 e. The van der Waals surface area contributed by atoms with Gasteiger partial charge in [0.25, 0.3) is 0 Å². The summed E-state index contributed by atoms with van der Waals surface area (Å²) in [6.07, 6.45) is 2.03. The van der Waals surface area contributed by atoms with Crippen molar-refractivity contribution >= 4 is 17.7 Å². The van der Waals surface area contributed by atoms with Gasteiger partial charge >= 0.3 is 0 Å². The third-order valence-electron chi connectivity index (χ3n) is 7.07. The Morgan fingerprint density at radius 2 is 1.67 bits per heavy atom. The Hall–Kier alpha value is -2.76. The Bertz CT molecular complexity index is 1030. The van der Waals surface area contributed by atoms with Crippen LogP contribution in [0, 0.1) is 5.92 Å². The monoisotopic (exact) mass is 461 g/mol. The predicted octanol–water partition coefficient (Wildman–Crippen LogP) is 4.81. The van der Waals surface area contributed by atoms with E-state index in [9.17, 15) is 9.90 Å². The summed E-state index contributed by atoms with van der Waals surface area (Å²) in [5.41, 5.74) is 7.38. The molecule has 0 saturated carbocycles. The molecule has 0 bridgehead atoms. The molecule has 1 saturated heterocycles. The molecule has 3 aromatic carbocycles. The number of benzene rings is 3. The van der Waals surface area contributed by atoms with Gasteiger partial charge < -0.3 is 15.3 Å². The summed E-state index contributed by atoms with van der Waals surface area (Å²) < 4.78 is 0.944. The average molecular weight is 462 g/mol. The molecule has 1 aliphatic heterocycles. The van der Waals surface area contributed by atoms with Crippen molar-refractivity contribution in [2.24, 2.45) is 11.7 Å². The van der Waals surface area contributed by atoms with Crippen LogP contribution in [0.3, 0.4) is 0 Å². The smallest absolute Gasteiger partial charge is 0.233 e. The third-order valence-corrected chi connectivity index (χ3v) is 8.15. The zero-order chi connectivity index (χ0) is 23.3. The number of rotatable bonds is 9. The van der Waals surface area contributed by atoms with Crippen molar-refractivity contribution in [1.82, 2.24) is 0 Å². The molecular weight excluding hydrogens is 428 g/mol. The largest absolute Gasteiger partial charge is 0.508 e. The fraction of sp³-hybridized carbons (Fsp3) is 0.321. The van der Waals surface area contributed by atoms with Crippen LogP contribution in [0.4, 0.5) is 0 Å². The molecule has 0 radical (unpaired) electrons. The third kappa shape index (κ3) is 4.94. The number of amides is 1. The van der Waals surface area contributed by atoms with E-state index in [1.807, 2.05) is 78.9 Å². The van der Waals surface area contributed by atoms with Gasteiger partial charge in [0.05, 0.1) is 26.7 Å². The molecular formula is C28H33N2O2S+. The molecule has 2 unspecified atom stereocenters. The molecule has 0 aliphatic carbocycles. The molecule has 1 fully saturated rings. The lowest BCUT2D eigenvalue weighted by Crippen LogP contribution is -2.51. The Kier molecular flexibility index (Phi) is 7.11. The van der Waals surface area contributed by atoms with Crippen LogP contribution >= 0.6 is 11.8 Å². The van der Waals surface area contributed by atoms with Crippen LogP contribution in [0.15, 0.2) is 89.8 Å². The molecule has 33 heavy (non-hydrogen) atoms. The molecule has 1 aliphatic rings. The van der Waals surface area contributed by atoms with E-state index in [4.69, 9.17) is 5.73 Å². The molecule has 2 atom stereocenters. The summed E-state index contributed by atoms with van der Waals surface area (Å²) in [6.45, 7) is 3.01. The van der Waals surface area contributed by atoms with Gasteiger partial charge in [-0.1, -0.05) is 66.7 Å². The second-order valence-corrected chi connectivity index (χ2v) is 10.5. The second-order valence-electron chi connectivity index (χ2n) is 9.34. The van der Waals surface area contributed by atoms with Gasteiger partial charge in [0.1, 0.15) is 11.2 Å². The van der Waals surface area contributed by atoms with E-state index in [2.05, 4.69) is 7.05 Å². The molecule has 4 rings (SSSR count). The van der Waals surface area contributed by atoms with Gasteiger partial charge in [-0.3, -0.25) is 4.79 Å². The van der Waals surface area contributed by atoms with Crippen molar-refractivity contribution in [2.45, 2.75) is 23.2 Å². The number of phenols is 1. The number of nitrogens with two attached hydrogens (primary N) is 1. The number of phenolic OH excluding ortho intramolecular Hbond substituents is 1. The lowest BCUT2D eigenvalue weighted by molar-refractivity contribution is -0.899. The first-order valence-corrected chi connectivity index (χ1v) is 12.6. The summed E-state index contributed by atoms with van der Waals surface area (Å²) in [7, 11) is 2.31. The van der Waals surface area contributed by atoms with Crippen LogP contribution in [0.1, 0.15) is 24.0 Å². The number of primary amides is 1. The van der Waals surface area contributed by atoms with Crippen molar-refractivity contribution in [2.75, 3.05) is 32.4 Å². The predicted molar refractivity (Wildman–Crippen MR) is 135 cm³/mol. The van der Waals surface area contributed by atoms with Crippen molar-refractivity contribution < 1.29 is 14.4 Å². The van der Waals surface area contributed by atoms with E-state index >= 15 is 0 Å². The second kappa shape index (κ2) is 10.0. The Morgan fingerprint density at radius 1 is 1.03 bits per heavy atom. The Balaban J connectivity index is 1.52. The van der Waals surface area contributed by atoms with Gasteiger partial charge in [-0.05, 0) is 29.3 Å². The minimum atomic E-state index is -0.825. The number of thioether (sulfide) groups is 1. The molecule has 0 aromatic heterocycles. The minimum absolute atomic E-state index is 0.142. The highest BCUT2D eigenvalue weighted by Crippen LogP contribution is 2.45. The first kappa shape index (κ1) is 23.4. The highest BCUT2D eigenvalue weighted by Gasteiger charge is 2.53. The van der Waals surface area contributed by atoms with Crippen molar-refractivity contribution in [1.29, 1.82) is 0 Å². The standard InChI is InChI=1S/C28H32N2O2S/c1-30(17-9-19-33-26-15-8-14-25(31)20-26)18-16-24(21-30)28(27(29)32,22-10-4-2-5-11-22)23-12-6-3-7-13-23/h2-8,10-15,20,24H,9,16-19,21H2,1H3,(H2-,29,31,32)/p+1. The summed E-state index contributed by atoms with van der Waals surface area (Å²) >= 11 is 1.78. The molecule has 4 nitrogen and oxygen atoms in total. The van der Waals surface area contributed by atoms with E-state index < -0.39 is 5.41 Å². The van der Waals surface area contributed by atoms with E-state index in [0.717, 1.165) is 58.7 Å². The summed E-state index contributed by atoms with van der Waals surface area (Å²) in [4.78, 5) is 14.4. The van der Waals surface area contributed by atoms with Gasteiger partial charge in [0, 0.05) is 29.4 Å². The van der Waals surface area contributed by atoms with E-state index in [-0.39, 0.29) is 11.8 Å². The molecule has 0 spiro atoms. The van der Waals surface area contributed by atoms with E-state index in [1.54, 1.807) is 17.8 Å². The number of hydrogen-bond donors (Lipinski definition) is 2. The number of carbonyl (C=O) groups is 1. The summed E-state index contributed by atoms with van der Waals surface area (Å²) in [5.74, 6) is 1.19. The van der Waals surface area contributed by atoms with Crippen LogP contribution in [-0.4, -0.2) is 47.9 Å². The topological polar surface area (TPSA) is 63.3 Å². The maximum atomic E-state index is 13.3. The van der Waals surface area contributed by atoms with Gasteiger partial charge in [0.2, 0.25) is 5.91 Å². The molecule has 3 N–H and O–H groups in total. The number of nitrogens with zero attached hydrogens (tertiary/aromatic N) is 1.